The molecule has 0 N–H and O–H groups in total. The maximum atomic E-state index is 3.95. The average molecular weight is 143 g/mol. The summed E-state index contributed by atoms with van der Waals surface area (Å²) in [6.45, 7) is 0. The molecule has 2 aromatic heterocycles. The molecule has 3 nitrogen and oxygen atoms in total. The molecule has 2 heterocycles. The number of aromatic nitrogens is 3. The van der Waals surface area contributed by atoms with Crippen LogP contribution in [0.25, 0.3) is 10.3 Å². The van der Waals surface area contributed by atoms with E-state index in [0.717, 1.165) is 10.3 Å². The molecule has 10 heavy (non-hydrogen) atoms. The van der Waals surface area contributed by atoms with E-state index in [9.17, 15) is 0 Å². The first-order chi connectivity index (χ1) is 4.47. The molecule has 0 aliphatic heterocycles. The van der Waals surface area contributed by atoms with Crippen LogP contribution >= 0.6 is 11.3 Å². The van der Waals surface area contributed by atoms with Gasteiger partial charge in [-0.05, 0) is 22.1 Å². The van der Waals surface area contributed by atoms with Crippen LogP contribution in [0.4, 0.5) is 0 Å². The van der Waals surface area contributed by atoms with Crippen molar-refractivity contribution in [3.63, 3.8) is 0 Å². The maximum absolute atomic E-state index is 3.95. The third-order valence-electron chi connectivity index (χ3n) is 0.966. The zero-order valence-corrected chi connectivity index (χ0v) is 6.22. The van der Waals surface area contributed by atoms with Gasteiger partial charge in [-0.3, -0.25) is 16.3 Å². The van der Waals surface area contributed by atoms with Crippen molar-refractivity contribution in [3.8, 4) is 0 Å². The van der Waals surface area contributed by atoms with Gasteiger partial charge in [-0.15, -0.1) is 0 Å². The van der Waals surface area contributed by atoms with Crippen molar-refractivity contribution in [1.29, 1.82) is 0 Å². The monoisotopic (exact) mass is 143 g/mol. The van der Waals surface area contributed by atoms with E-state index in [1.54, 1.807) is 6.20 Å². The third-order valence-corrected chi connectivity index (χ3v) is 1.66. The molecule has 0 atom stereocenters. The van der Waals surface area contributed by atoms with Gasteiger partial charge in [-0.25, -0.2) is 0 Å². The zero-order chi connectivity index (χ0) is 6.10. The second-order valence-electron chi connectivity index (χ2n) is 1.52. The van der Waals surface area contributed by atoms with Gasteiger partial charge in [0.15, 0.2) is 0 Å². The number of fused-ring (bicyclic) bond motifs is 1. The van der Waals surface area contributed by atoms with E-state index in [1.165, 1.54) is 17.7 Å². The fraction of sp³-hybridized carbons (Fsp3) is 0. The summed E-state index contributed by atoms with van der Waals surface area (Å²) in [6, 6.07) is 0. The molecule has 0 saturated carbocycles. The summed E-state index contributed by atoms with van der Waals surface area (Å²) in [4.78, 5) is 12.5. The molecule has 0 spiro atoms. The van der Waals surface area contributed by atoms with Gasteiger partial charge in [0.25, 0.3) is 0 Å². The Balaban J connectivity index is 0.000000500. The van der Waals surface area contributed by atoms with Crippen molar-refractivity contribution in [2.24, 2.45) is 0 Å². The van der Waals surface area contributed by atoms with Crippen LogP contribution in [0.5, 0.6) is 0 Å². The van der Waals surface area contributed by atoms with Crippen LogP contribution in [0.15, 0.2) is 12.5 Å². The van der Waals surface area contributed by atoms with E-state index in [2.05, 4.69) is 20.5 Å². The molecule has 0 bridgehead atoms. The van der Waals surface area contributed by atoms with E-state index in [4.69, 9.17) is 0 Å². The van der Waals surface area contributed by atoms with Crippen molar-refractivity contribution in [2.45, 2.75) is 0 Å². The molecule has 0 aromatic carbocycles. The topological polar surface area (TPSA) is 38.7 Å². The first-order valence-corrected chi connectivity index (χ1v) is 3.21. The molecular formula is C5H2LiN3S. The summed E-state index contributed by atoms with van der Waals surface area (Å²) >= 11 is 1.40. The Kier molecular flexibility index (Phi) is 2.38. The van der Waals surface area contributed by atoms with Crippen LogP contribution < -0.4 is 18.9 Å². The van der Waals surface area contributed by atoms with Gasteiger partial charge in [0.1, 0.15) is 6.33 Å². The standard InChI is InChI=1S/C5H2N3S.Li/c1-4-5(7-2-6-1)9-3-8-4;/h1-2H;/q-1;+1. The molecule has 0 fully saturated rings. The molecule has 5 heteroatoms. The smallest absolute Gasteiger partial charge is 0.383 e. The first kappa shape index (κ1) is 7.67. The van der Waals surface area contributed by atoms with E-state index in [-0.39, 0.29) is 18.9 Å². The van der Waals surface area contributed by atoms with E-state index in [0.29, 0.717) is 0 Å². The van der Waals surface area contributed by atoms with Gasteiger partial charge >= 0.3 is 18.9 Å². The number of rotatable bonds is 0. The fourth-order valence-corrected chi connectivity index (χ4v) is 1.11. The summed E-state index contributed by atoms with van der Waals surface area (Å²) in [7, 11) is 0. The molecule has 0 unspecified atom stereocenters. The van der Waals surface area contributed by atoms with Gasteiger partial charge in [-0.2, -0.15) is 0 Å². The van der Waals surface area contributed by atoms with E-state index >= 15 is 0 Å². The molecular weight excluding hydrogens is 141 g/mol. The molecule has 2 rings (SSSR count). The SMILES string of the molecule is [Li+].[c-]1nc2cncnc2s1. The summed E-state index contributed by atoms with van der Waals surface area (Å²) < 4.78 is 0. The Hall–Kier alpha value is -0.433. The van der Waals surface area contributed by atoms with Crippen molar-refractivity contribution >= 4 is 21.7 Å². The number of thiazole rings is 1. The number of hydrogen-bond donors (Lipinski definition) is 0. The Morgan fingerprint density at radius 3 is 3.20 bits per heavy atom. The number of nitrogens with zero attached hydrogens (tertiary/aromatic N) is 3. The third kappa shape index (κ3) is 1.19. The zero-order valence-electron chi connectivity index (χ0n) is 5.40. The summed E-state index contributed by atoms with van der Waals surface area (Å²) in [6.07, 6.45) is 3.18. The minimum absolute atomic E-state index is 0. The van der Waals surface area contributed by atoms with Crippen molar-refractivity contribution in [2.75, 3.05) is 0 Å². The van der Waals surface area contributed by atoms with Crippen LogP contribution in [0.2, 0.25) is 0 Å². The molecule has 2 aromatic rings. The van der Waals surface area contributed by atoms with Crippen LogP contribution in [-0.2, 0) is 0 Å². The predicted octanol–water partition coefficient (Wildman–Crippen LogP) is -2.11. The normalized spacial score (nSPS) is 9.20. The fourth-order valence-electron chi connectivity index (χ4n) is 0.582. The van der Waals surface area contributed by atoms with Gasteiger partial charge in [0.05, 0.1) is 0 Å². The van der Waals surface area contributed by atoms with Gasteiger partial charge in [-0.1, -0.05) is 0 Å². The van der Waals surface area contributed by atoms with Crippen LogP contribution in [-0.4, -0.2) is 15.0 Å². The second-order valence-corrected chi connectivity index (χ2v) is 2.29. The summed E-state index contributed by atoms with van der Waals surface area (Å²) in [5.41, 5.74) is 3.55. The van der Waals surface area contributed by atoms with Crippen LogP contribution in [0.1, 0.15) is 0 Å². The molecule has 0 aliphatic carbocycles. The summed E-state index contributed by atoms with van der Waals surface area (Å²) in [5, 5.41) is 0. The largest absolute Gasteiger partial charge is 1.00 e. The van der Waals surface area contributed by atoms with Gasteiger partial charge in [0.2, 0.25) is 0 Å². The molecule has 0 saturated heterocycles. The van der Waals surface area contributed by atoms with E-state index < -0.39 is 0 Å². The van der Waals surface area contributed by atoms with Gasteiger partial charge < -0.3 is 9.97 Å². The van der Waals surface area contributed by atoms with Crippen LogP contribution in [0.3, 0.4) is 0 Å². The average Bonchev–Trinajstić information content (AvgIpc) is 2.33. The Morgan fingerprint density at radius 2 is 2.40 bits per heavy atom. The molecule has 44 valence electrons. The van der Waals surface area contributed by atoms with Crippen molar-refractivity contribution in [3.05, 3.63) is 18.0 Å². The Morgan fingerprint density at radius 1 is 1.50 bits per heavy atom. The van der Waals surface area contributed by atoms with Crippen LogP contribution in [0, 0.1) is 5.51 Å². The minimum Gasteiger partial charge on any atom is -0.383 e. The quantitative estimate of drug-likeness (QED) is 0.313. The Bertz CT molecular complexity index is 291. The molecule has 0 amide bonds. The molecule has 0 radical (unpaired) electrons. The Labute approximate surface area is 73.7 Å². The predicted molar refractivity (Wildman–Crippen MR) is 34.0 cm³/mol. The minimum atomic E-state index is 0. The van der Waals surface area contributed by atoms with Gasteiger partial charge in [0, 0.05) is 0 Å². The van der Waals surface area contributed by atoms with E-state index in [1.807, 2.05) is 0 Å². The second kappa shape index (κ2) is 3.11. The maximum Gasteiger partial charge on any atom is 1.00 e. The van der Waals surface area contributed by atoms with Crippen molar-refractivity contribution < 1.29 is 18.9 Å². The summed E-state index contributed by atoms with van der Waals surface area (Å²) in [5.74, 6) is 0. The number of hydrogen-bond acceptors (Lipinski definition) is 4. The van der Waals surface area contributed by atoms with Crippen molar-refractivity contribution in [1.82, 2.24) is 15.0 Å². The molecule has 0 aliphatic rings. The first-order valence-electron chi connectivity index (χ1n) is 2.39.